The molecule has 0 saturated carbocycles. The lowest BCUT2D eigenvalue weighted by Gasteiger charge is -2.32. The minimum atomic E-state index is -3.27. The molecule has 2 aliphatic rings. The molecule has 0 unspecified atom stereocenters. The van der Waals surface area contributed by atoms with E-state index < -0.39 is 21.5 Å². The number of carbonyl (C=O) groups excluding carboxylic acids is 2. The first-order valence-electron chi connectivity index (χ1n) is 14.2. The van der Waals surface area contributed by atoms with Crippen LogP contribution in [0.25, 0.3) is 0 Å². The van der Waals surface area contributed by atoms with Gasteiger partial charge in [-0.05, 0) is 66.9 Å². The smallest absolute Gasteiger partial charge is 0.272 e. The molecule has 2 aromatic carbocycles. The SMILES string of the molecule is CS(=O)(=O)c1ccc(OC2CCN(C(=O)c3ccc(C(=O)NC4CCN(Cc5cc(F)cc(F)c5)CC4)cn3)CC2)cc1. The number of sulfone groups is 1. The molecule has 2 amide bonds. The van der Waals surface area contributed by atoms with Gasteiger partial charge in [0.25, 0.3) is 11.8 Å². The molecule has 0 bridgehead atoms. The fraction of sp³-hybridized carbons (Fsp3) is 0.387. The van der Waals surface area contributed by atoms with Crippen LogP contribution in [0.5, 0.6) is 5.75 Å². The molecule has 12 heteroatoms. The van der Waals surface area contributed by atoms with E-state index in [4.69, 9.17) is 4.74 Å². The van der Waals surface area contributed by atoms with Gasteiger partial charge in [0.15, 0.2) is 9.84 Å². The minimum absolute atomic E-state index is 0.0320. The van der Waals surface area contributed by atoms with Crippen molar-refractivity contribution in [2.75, 3.05) is 32.4 Å². The first-order chi connectivity index (χ1) is 20.5. The summed E-state index contributed by atoms with van der Waals surface area (Å²) in [5, 5.41) is 3.02. The Morgan fingerprint density at radius 3 is 2.16 bits per heavy atom. The molecule has 0 atom stereocenters. The zero-order valence-electron chi connectivity index (χ0n) is 23.8. The number of carbonyl (C=O) groups is 2. The second-order valence-corrected chi connectivity index (χ2v) is 13.1. The van der Waals surface area contributed by atoms with Gasteiger partial charge in [0.1, 0.15) is 29.2 Å². The summed E-state index contributed by atoms with van der Waals surface area (Å²) >= 11 is 0. The van der Waals surface area contributed by atoms with E-state index in [1.54, 1.807) is 29.2 Å². The quantitative estimate of drug-likeness (QED) is 0.412. The highest BCUT2D eigenvalue weighted by atomic mass is 32.2. The Morgan fingerprint density at radius 1 is 0.930 bits per heavy atom. The number of rotatable bonds is 8. The Balaban J connectivity index is 1.06. The number of ether oxygens (including phenoxy) is 1. The zero-order chi connectivity index (χ0) is 30.6. The first kappa shape index (κ1) is 30.6. The number of pyridine rings is 1. The minimum Gasteiger partial charge on any atom is -0.490 e. The highest BCUT2D eigenvalue weighted by molar-refractivity contribution is 7.90. The van der Waals surface area contributed by atoms with Crippen molar-refractivity contribution >= 4 is 21.7 Å². The molecule has 3 aromatic rings. The molecule has 0 aliphatic carbocycles. The number of likely N-dealkylation sites (tertiary alicyclic amines) is 2. The van der Waals surface area contributed by atoms with Gasteiger partial charge in [-0.25, -0.2) is 17.2 Å². The Labute approximate surface area is 249 Å². The number of benzene rings is 2. The summed E-state index contributed by atoms with van der Waals surface area (Å²) < 4.78 is 56.2. The zero-order valence-corrected chi connectivity index (χ0v) is 24.7. The van der Waals surface area contributed by atoms with E-state index in [1.165, 1.54) is 30.5 Å². The monoisotopic (exact) mass is 612 g/mol. The van der Waals surface area contributed by atoms with E-state index in [-0.39, 0.29) is 34.5 Å². The molecule has 3 heterocycles. The second kappa shape index (κ2) is 13.2. The molecule has 2 saturated heterocycles. The van der Waals surface area contributed by atoms with Crippen molar-refractivity contribution in [3.63, 3.8) is 0 Å². The van der Waals surface area contributed by atoms with Crippen LogP contribution in [0.1, 0.15) is 52.1 Å². The van der Waals surface area contributed by atoms with Gasteiger partial charge in [-0.2, -0.15) is 0 Å². The Hall–Kier alpha value is -3.90. The van der Waals surface area contributed by atoms with Crippen LogP contribution in [0.4, 0.5) is 8.78 Å². The largest absolute Gasteiger partial charge is 0.490 e. The van der Waals surface area contributed by atoms with Gasteiger partial charge >= 0.3 is 0 Å². The summed E-state index contributed by atoms with van der Waals surface area (Å²) in [6.45, 7) is 2.79. The standard InChI is InChI=1S/C31H34F2N4O5S/c1-43(40,41)28-5-3-26(4-6-28)42-27-10-14-37(15-11-27)31(39)29-7-2-22(19-34-29)30(38)35-25-8-12-36(13-9-25)20-21-16-23(32)18-24(33)17-21/h2-7,16-19,25,27H,8-15,20H2,1H3,(H,35,38). The molecule has 0 spiro atoms. The third-order valence-electron chi connectivity index (χ3n) is 7.78. The van der Waals surface area contributed by atoms with E-state index >= 15 is 0 Å². The Kier molecular flexibility index (Phi) is 9.36. The average molecular weight is 613 g/mol. The molecular weight excluding hydrogens is 578 g/mol. The number of piperidine rings is 2. The van der Waals surface area contributed by atoms with Crippen molar-refractivity contribution in [3.8, 4) is 5.75 Å². The molecule has 5 rings (SSSR count). The van der Waals surface area contributed by atoms with Crippen LogP contribution in [0.3, 0.4) is 0 Å². The van der Waals surface area contributed by atoms with Crippen molar-refractivity contribution in [3.05, 3.63) is 89.2 Å². The normalized spacial score (nSPS) is 17.0. The number of hydrogen-bond donors (Lipinski definition) is 1. The third kappa shape index (κ3) is 8.14. The summed E-state index contributed by atoms with van der Waals surface area (Å²) in [7, 11) is -3.27. The van der Waals surface area contributed by atoms with Gasteiger partial charge < -0.3 is 15.0 Å². The van der Waals surface area contributed by atoms with Gasteiger partial charge in [0, 0.05) is 70.1 Å². The van der Waals surface area contributed by atoms with Crippen LogP contribution in [0, 0.1) is 11.6 Å². The number of nitrogens with one attached hydrogen (secondary N) is 1. The summed E-state index contributed by atoms with van der Waals surface area (Å²) in [5.74, 6) is -1.08. The van der Waals surface area contributed by atoms with Crippen LogP contribution in [-0.2, 0) is 16.4 Å². The summed E-state index contributed by atoms with van der Waals surface area (Å²) in [6.07, 6.45) is 5.13. The molecule has 228 valence electrons. The topological polar surface area (TPSA) is 109 Å². The summed E-state index contributed by atoms with van der Waals surface area (Å²) in [6, 6.07) is 13.0. The lowest BCUT2D eigenvalue weighted by atomic mass is 10.0. The number of halogens is 2. The van der Waals surface area contributed by atoms with Crippen molar-refractivity contribution in [2.24, 2.45) is 0 Å². The van der Waals surface area contributed by atoms with Crippen molar-refractivity contribution in [1.29, 1.82) is 0 Å². The number of hydrogen-bond acceptors (Lipinski definition) is 7. The van der Waals surface area contributed by atoms with Crippen molar-refractivity contribution in [1.82, 2.24) is 20.1 Å². The van der Waals surface area contributed by atoms with E-state index in [9.17, 15) is 26.8 Å². The van der Waals surface area contributed by atoms with E-state index in [0.717, 1.165) is 12.3 Å². The van der Waals surface area contributed by atoms with Crippen molar-refractivity contribution in [2.45, 2.75) is 49.3 Å². The van der Waals surface area contributed by atoms with Crippen molar-refractivity contribution < 1.29 is 31.5 Å². The summed E-state index contributed by atoms with van der Waals surface area (Å²) in [5.41, 5.74) is 1.20. The lowest BCUT2D eigenvalue weighted by Crippen LogP contribution is -2.44. The molecule has 0 radical (unpaired) electrons. The maximum absolute atomic E-state index is 13.5. The van der Waals surface area contributed by atoms with Gasteiger partial charge in [-0.15, -0.1) is 0 Å². The number of aromatic nitrogens is 1. The van der Waals surface area contributed by atoms with Gasteiger partial charge in [-0.1, -0.05) is 0 Å². The molecule has 2 aliphatic heterocycles. The highest BCUT2D eigenvalue weighted by Crippen LogP contribution is 2.22. The van der Waals surface area contributed by atoms with Gasteiger partial charge in [0.2, 0.25) is 0 Å². The van der Waals surface area contributed by atoms with E-state index in [1.807, 2.05) is 0 Å². The van der Waals surface area contributed by atoms with E-state index in [0.29, 0.717) is 75.3 Å². The fourth-order valence-corrected chi connectivity index (χ4v) is 6.05. The molecule has 1 aromatic heterocycles. The average Bonchev–Trinajstić information content (AvgIpc) is 2.97. The molecular formula is C31H34F2N4O5S. The maximum Gasteiger partial charge on any atom is 0.272 e. The van der Waals surface area contributed by atoms with Crippen LogP contribution < -0.4 is 10.1 Å². The second-order valence-electron chi connectivity index (χ2n) is 11.1. The van der Waals surface area contributed by atoms with E-state index in [2.05, 4.69) is 15.2 Å². The number of nitrogens with zero attached hydrogens (tertiary/aromatic N) is 3. The van der Waals surface area contributed by atoms with Crippen LogP contribution in [0.2, 0.25) is 0 Å². The third-order valence-corrected chi connectivity index (χ3v) is 8.91. The molecule has 1 N–H and O–H groups in total. The van der Waals surface area contributed by atoms with Gasteiger partial charge in [-0.3, -0.25) is 19.5 Å². The lowest BCUT2D eigenvalue weighted by molar-refractivity contribution is 0.0589. The predicted octanol–water partition coefficient (Wildman–Crippen LogP) is 3.84. The highest BCUT2D eigenvalue weighted by Gasteiger charge is 2.26. The Morgan fingerprint density at radius 2 is 1.58 bits per heavy atom. The Bertz CT molecular complexity index is 1530. The molecule has 43 heavy (non-hydrogen) atoms. The predicted molar refractivity (Wildman–Crippen MR) is 155 cm³/mol. The first-order valence-corrected chi connectivity index (χ1v) is 16.1. The van der Waals surface area contributed by atoms with Crippen LogP contribution in [-0.4, -0.2) is 79.6 Å². The molecule has 9 nitrogen and oxygen atoms in total. The van der Waals surface area contributed by atoms with Crippen LogP contribution >= 0.6 is 0 Å². The summed E-state index contributed by atoms with van der Waals surface area (Å²) in [4.78, 5) is 34.1. The maximum atomic E-state index is 13.5. The number of amides is 2. The fourth-order valence-electron chi connectivity index (χ4n) is 5.42. The molecule has 2 fully saturated rings. The van der Waals surface area contributed by atoms with Gasteiger partial charge in [0.05, 0.1) is 10.5 Å². The van der Waals surface area contributed by atoms with Crippen LogP contribution in [0.15, 0.2) is 65.7 Å².